The van der Waals surface area contributed by atoms with Gasteiger partial charge in [0.05, 0.1) is 0 Å². The predicted molar refractivity (Wildman–Crippen MR) is 29.4 cm³/mol. The van der Waals surface area contributed by atoms with Crippen LogP contribution < -0.4 is 5.32 Å². The summed E-state index contributed by atoms with van der Waals surface area (Å²) in [5, 5.41) is 2.75. The van der Waals surface area contributed by atoms with Gasteiger partial charge in [0.2, 0.25) is 0 Å². The second-order valence-electron chi connectivity index (χ2n) is 0.500. The Balaban J connectivity index is -0.0000000200. The van der Waals surface area contributed by atoms with Crippen LogP contribution in [-0.4, -0.2) is 43.7 Å². The fourth-order valence-electron chi connectivity index (χ4n) is 0. The van der Waals surface area contributed by atoms with Crippen LogP contribution >= 0.6 is 12.4 Å². The number of rotatable bonds is 0. The third kappa shape index (κ3) is 35.5. The number of hydrogen-bond acceptors (Lipinski definition) is 1. The van der Waals surface area contributed by atoms with Crippen LogP contribution in [0.3, 0.4) is 0 Å². The third-order valence-electron chi connectivity index (χ3n) is 0. The number of halogens is 1. The molecule has 0 aliphatic heterocycles. The molecule has 0 unspecified atom stereocenters. The van der Waals surface area contributed by atoms with Crippen LogP contribution in [0.5, 0.6) is 0 Å². The van der Waals surface area contributed by atoms with Crippen molar-refractivity contribution in [2.24, 2.45) is 0 Å². The van der Waals surface area contributed by atoms with E-state index in [0.29, 0.717) is 0 Å². The van der Waals surface area contributed by atoms with Gasteiger partial charge < -0.3 is 5.32 Å². The summed E-state index contributed by atoms with van der Waals surface area (Å²) in [4.78, 5) is 0. The average Bonchev–Trinajstić information content (AvgIpc) is 0.918. The molecule has 1 nitrogen and oxygen atoms in total. The molecule has 0 bridgehead atoms. The van der Waals surface area contributed by atoms with Gasteiger partial charge in [-0.05, 0) is 14.1 Å². The normalized spacial score (nSPS) is 3.60. The van der Waals surface area contributed by atoms with E-state index in [1.54, 1.807) is 0 Å². The third-order valence-corrected chi connectivity index (χ3v) is 0. The van der Waals surface area contributed by atoms with Crippen LogP contribution in [0.2, 0.25) is 0 Å². The Hall–Kier alpha value is 1.25. The molecule has 0 aromatic heterocycles. The molecule has 0 radical (unpaired) electrons. The van der Waals surface area contributed by atoms with Gasteiger partial charge in [-0.2, -0.15) is 0 Å². The van der Waals surface area contributed by atoms with Gasteiger partial charge in [0.1, 0.15) is 0 Å². The van der Waals surface area contributed by atoms with Crippen LogP contribution in [0, 0.1) is 0 Å². The Kier molecular flexibility index (Phi) is 61.1. The molecule has 5 heavy (non-hydrogen) atoms. The van der Waals surface area contributed by atoms with E-state index in [4.69, 9.17) is 0 Å². The molecule has 0 saturated heterocycles. The van der Waals surface area contributed by atoms with E-state index in [1.807, 2.05) is 14.1 Å². The molecule has 0 atom stereocenters. The van der Waals surface area contributed by atoms with Crippen molar-refractivity contribution in [3.8, 4) is 0 Å². The SMILES string of the molecule is CNC.Cl.[NaH]. The molecule has 0 heterocycles. The van der Waals surface area contributed by atoms with Gasteiger partial charge in [-0.25, -0.2) is 0 Å². The van der Waals surface area contributed by atoms with Gasteiger partial charge >= 0.3 is 29.6 Å². The van der Waals surface area contributed by atoms with Crippen LogP contribution in [0.1, 0.15) is 0 Å². The van der Waals surface area contributed by atoms with Crippen LogP contribution in [0.25, 0.3) is 0 Å². The maximum atomic E-state index is 2.75. The molecule has 0 aliphatic carbocycles. The molecule has 1 N–H and O–H groups in total. The minimum absolute atomic E-state index is 0. The zero-order chi connectivity index (χ0) is 2.71. The van der Waals surface area contributed by atoms with Crippen LogP contribution in [0.15, 0.2) is 0 Å². The van der Waals surface area contributed by atoms with E-state index in [2.05, 4.69) is 5.32 Å². The number of nitrogens with one attached hydrogen (secondary N) is 1. The molecule has 0 fully saturated rings. The van der Waals surface area contributed by atoms with Crippen molar-refractivity contribution in [1.29, 1.82) is 0 Å². The predicted octanol–water partition coefficient (Wildman–Crippen LogP) is -0.391. The van der Waals surface area contributed by atoms with Crippen molar-refractivity contribution >= 4 is 42.0 Å². The first kappa shape index (κ1) is 16.3. The monoisotopic (exact) mass is 105 g/mol. The van der Waals surface area contributed by atoms with Crippen molar-refractivity contribution in [2.45, 2.75) is 0 Å². The Bertz CT molecular complexity index is 9.61. The molecule has 0 aromatic carbocycles. The Morgan fingerprint density at radius 3 is 1.20 bits per heavy atom. The Morgan fingerprint density at radius 2 is 1.20 bits per heavy atom. The van der Waals surface area contributed by atoms with Gasteiger partial charge in [-0.3, -0.25) is 0 Å². The van der Waals surface area contributed by atoms with Gasteiger partial charge in [-0.1, -0.05) is 0 Å². The van der Waals surface area contributed by atoms with Crippen molar-refractivity contribution in [1.82, 2.24) is 5.32 Å². The molecule has 0 amide bonds. The van der Waals surface area contributed by atoms with Gasteiger partial charge in [0.15, 0.2) is 0 Å². The van der Waals surface area contributed by atoms with E-state index in [0.717, 1.165) is 0 Å². The summed E-state index contributed by atoms with van der Waals surface area (Å²) in [7, 11) is 3.75. The first-order valence-corrected chi connectivity index (χ1v) is 1.00. The van der Waals surface area contributed by atoms with Crippen molar-refractivity contribution in [3.05, 3.63) is 0 Å². The van der Waals surface area contributed by atoms with Crippen molar-refractivity contribution < 1.29 is 0 Å². The molecule has 0 rings (SSSR count). The average molecular weight is 106 g/mol. The molecular weight excluding hydrogens is 96.5 g/mol. The standard InChI is InChI=1S/C2H7N.ClH.Na.H/c1-3-2;;;/h3H,1-2H3;1H;;. The van der Waals surface area contributed by atoms with E-state index in [1.165, 1.54) is 0 Å². The Labute approximate surface area is 61.2 Å². The summed E-state index contributed by atoms with van der Waals surface area (Å²) in [6, 6.07) is 0. The van der Waals surface area contributed by atoms with Crippen LogP contribution in [0.4, 0.5) is 0 Å². The van der Waals surface area contributed by atoms with Crippen molar-refractivity contribution in [2.75, 3.05) is 14.1 Å². The topological polar surface area (TPSA) is 12.0 Å². The summed E-state index contributed by atoms with van der Waals surface area (Å²) in [6.07, 6.45) is 0. The fourth-order valence-corrected chi connectivity index (χ4v) is 0. The molecule has 30 valence electrons. The molecule has 0 saturated carbocycles. The zero-order valence-corrected chi connectivity index (χ0v) is 3.72. The van der Waals surface area contributed by atoms with E-state index >= 15 is 0 Å². The molecule has 3 heteroatoms. The summed E-state index contributed by atoms with van der Waals surface area (Å²) >= 11 is 0. The molecule has 0 spiro atoms. The number of hydrogen-bond donors (Lipinski definition) is 1. The van der Waals surface area contributed by atoms with Crippen LogP contribution in [-0.2, 0) is 0 Å². The second kappa shape index (κ2) is 18.7. The summed E-state index contributed by atoms with van der Waals surface area (Å²) in [5.74, 6) is 0. The van der Waals surface area contributed by atoms with E-state index in [9.17, 15) is 0 Å². The molecular formula is C2H9ClNNa. The summed E-state index contributed by atoms with van der Waals surface area (Å²) < 4.78 is 0. The van der Waals surface area contributed by atoms with Crippen molar-refractivity contribution in [3.63, 3.8) is 0 Å². The first-order chi connectivity index (χ1) is 1.41. The van der Waals surface area contributed by atoms with E-state index in [-0.39, 0.29) is 42.0 Å². The summed E-state index contributed by atoms with van der Waals surface area (Å²) in [5.41, 5.74) is 0. The summed E-state index contributed by atoms with van der Waals surface area (Å²) in [6.45, 7) is 0. The fraction of sp³-hybridized carbons (Fsp3) is 1.00. The van der Waals surface area contributed by atoms with Gasteiger partial charge in [-0.15, -0.1) is 12.4 Å². The van der Waals surface area contributed by atoms with Gasteiger partial charge in [0.25, 0.3) is 0 Å². The minimum atomic E-state index is 0. The Morgan fingerprint density at radius 1 is 1.20 bits per heavy atom. The second-order valence-corrected chi connectivity index (χ2v) is 0.500. The first-order valence-electron chi connectivity index (χ1n) is 1.00. The van der Waals surface area contributed by atoms with Gasteiger partial charge in [0, 0.05) is 0 Å². The van der Waals surface area contributed by atoms with E-state index < -0.39 is 0 Å². The molecule has 0 aromatic rings. The maximum absolute atomic E-state index is 2.75. The zero-order valence-electron chi connectivity index (χ0n) is 2.91. The quantitative estimate of drug-likeness (QED) is 0.414. The molecule has 0 aliphatic rings.